The summed E-state index contributed by atoms with van der Waals surface area (Å²) in [4.78, 5) is 38.8. The highest BCUT2D eigenvalue weighted by Gasteiger charge is 2.26. The Hall–Kier alpha value is -3.35. The maximum atomic E-state index is 12.4. The summed E-state index contributed by atoms with van der Waals surface area (Å²) in [6.07, 6.45) is 0. The van der Waals surface area contributed by atoms with Crippen molar-refractivity contribution in [1.29, 1.82) is 0 Å². The maximum Gasteiger partial charge on any atom is 0.265 e. The van der Waals surface area contributed by atoms with Crippen LogP contribution < -0.4 is 19.9 Å². The number of anilines is 3. The lowest BCUT2D eigenvalue weighted by Gasteiger charge is -2.28. The van der Waals surface area contributed by atoms with Crippen LogP contribution >= 0.6 is 0 Å². The van der Waals surface area contributed by atoms with Crippen molar-refractivity contribution >= 4 is 34.8 Å². The first-order valence-corrected chi connectivity index (χ1v) is 8.12. The molecule has 1 heterocycles. The van der Waals surface area contributed by atoms with E-state index in [-0.39, 0.29) is 30.9 Å². The van der Waals surface area contributed by atoms with E-state index >= 15 is 0 Å². The summed E-state index contributed by atoms with van der Waals surface area (Å²) in [7, 11) is 1.68. The minimum Gasteiger partial charge on any atom is -0.482 e. The molecule has 1 N–H and O–H groups in total. The molecule has 0 bridgehead atoms. The second-order valence-electron chi connectivity index (χ2n) is 5.91. The summed E-state index contributed by atoms with van der Waals surface area (Å²) in [6, 6.07) is 14.0. The van der Waals surface area contributed by atoms with Crippen LogP contribution in [0.1, 0.15) is 6.92 Å². The predicted molar refractivity (Wildman–Crippen MR) is 98.4 cm³/mol. The van der Waals surface area contributed by atoms with Crippen LogP contribution in [0.5, 0.6) is 5.75 Å². The average molecular weight is 353 g/mol. The Balaban J connectivity index is 1.68. The fraction of sp³-hybridized carbons (Fsp3) is 0.211. The molecule has 0 fully saturated rings. The molecule has 0 unspecified atom stereocenters. The van der Waals surface area contributed by atoms with Gasteiger partial charge >= 0.3 is 0 Å². The Kier molecular flexibility index (Phi) is 4.88. The molecule has 0 radical (unpaired) electrons. The lowest BCUT2D eigenvalue weighted by Crippen LogP contribution is -2.43. The summed E-state index contributed by atoms with van der Waals surface area (Å²) in [5, 5.41) is 2.76. The Bertz CT molecular complexity index is 848. The molecule has 26 heavy (non-hydrogen) atoms. The first-order valence-electron chi connectivity index (χ1n) is 8.12. The molecule has 3 amide bonds. The Labute approximate surface area is 151 Å². The zero-order valence-electron chi connectivity index (χ0n) is 14.6. The topological polar surface area (TPSA) is 79.0 Å². The first kappa shape index (κ1) is 17.5. The van der Waals surface area contributed by atoms with Gasteiger partial charge in [-0.15, -0.1) is 0 Å². The van der Waals surface area contributed by atoms with E-state index in [1.54, 1.807) is 49.5 Å². The molecule has 134 valence electrons. The minimum absolute atomic E-state index is 0.0775. The van der Waals surface area contributed by atoms with Gasteiger partial charge in [0.2, 0.25) is 11.8 Å². The average Bonchev–Trinajstić information content (AvgIpc) is 2.64. The van der Waals surface area contributed by atoms with E-state index in [4.69, 9.17) is 4.74 Å². The number of fused-ring (bicyclic) bond motifs is 1. The van der Waals surface area contributed by atoms with Gasteiger partial charge in [-0.25, -0.2) is 0 Å². The molecule has 0 aromatic heterocycles. The lowest BCUT2D eigenvalue weighted by molar-refractivity contribution is -0.123. The van der Waals surface area contributed by atoms with Crippen LogP contribution in [0.3, 0.4) is 0 Å². The molecular weight excluding hydrogens is 334 g/mol. The van der Waals surface area contributed by atoms with Crippen molar-refractivity contribution < 1.29 is 19.1 Å². The van der Waals surface area contributed by atoms with Crippen molar-refractivity contribution in [3.05, 3.63) is 48.5 Å². The first-order chi connectivity index (χ1) is 12.5. The van der Waals surface area contributed by atoms with E-state index in [1.807, 2.05) is 6.07 Å². The molecule has 1 aliphatic heterocycles. The molecule has 2 aromatic carbocycles. The molecule has 7 nitrogen and oxygen atoms in total. The summed E-state index contributed by atoms with van der Waals surface area (Å²) < 4.78 is 5.37. The fourth-order valence-electron chi connectivity index (χ4n) is 2.62. The number of rotatable bonds is 4. The van der Waals surface area contributed by atoms with Crippen LogP contribution in [0, 0.1) is 0 Å². The molecule has 0 saturated heterocycles. The second kappa shape index (κ2) is 7.26. The highest BCUT2D eigenvalue weighted by atomic mass is 16.5. The molecule has 3 rings (SSSR count). The zero-order valence-corrected chi connectivity index (χ0v) is 14.6. The highest BCUT2D eigenvalue weighted by molar-refractivity contribution is 6.05. The van der Waals surface area contributed by atoms with Gasteiger partial charge < -0.3 is 15.0 Å². The van der Waals surface area contributed by atoms with E-state index in [9.17, 15) is 14.4 Å². The maximum absolute atomic E-state index is 12.4. The molecule has 0 atom stereocenters. The Morgan fingerprint density at radius 1 is 1.15 bits per heavy atom. The van der Waals surface area contributed by atoms with Crippen LogP contribution in [0.15, 0.2) is 48.5 Å². The lowest BCUT2D eigenvalue weighted by atomic mass is 10.2. The number of carbonyl (C=O) groups is 3. The number of carbonyl (C=O) groups excluding carboxylic acids is 3. The number of hydrogen-bond donors (Lipinski definition) is 1. The summed E-state index contributed by atoms with van der Waals surface area (Å²) in [5.41, 5.74) is 1.90. The van der Waals surface area contributed by atoms with Crippen molar-refractivity contribution in [2.75, 3.05) is 35.3 Å². The van der Waals surface area contributed by atoms with Crippen molar-refractivity contribution in [1.82, 2.24) is 0 Å². The Morgan fingerprint density at radius 3 is 2.54 bits per heavy atom. The van der Waals surface area contributed by atoms with Gasteiger partial charge in [-0.05, 0) is 36.4 Å². The van der Waals surface area contributed by atoms with Crippen LogP contribution in [-0.2, 0) is 14.4 Å². The molecule has 2 aromatic rings. The van der Waals surface area contributed by atoms with Gasteiger partial charge in [-0.3, -0.25) is 19.3 Å². The van der Waals surface area contributed by atoms with Gasteiger partial charge in [-0.1, -0.05) is 12.1 Å². The van der Waals surface area contributed by atoms with Crippen LogP contribution in [-0.4, -0.2) is 37.9 Å². The molecule has 7 heteroatoms. The summed E-state index contributed by atoms with van der Waals surface area (Å²) >= 11 is 0. The quantitative estimate of drug-likeness (QED) is 0.912. The van der Waals surface area contributed by atoms with Gasteiger partial charge in [0, 0.05) is 25.3 Å². The Morgan fingerprint density at radius 2 is 1.85 bits per heavy atom. The van der Waals surface area contributed by atoms with Crippen molar-refractivity contribution in [2.24, 2.45) is 0 Å². The minimum atomic E-state index is -0.317. The van der Waals surface area contributed by atoms with Crippen molar-refractivity contribution in [2.45, 2.75) is 6.92 Å². The molecule has 0 spiro atoms. The standard InChI is InChI=1S/C19H19N3O4/c1-13(23)21(2)15-9-7-14(8-10-15)20-18(24)11-22-16-5-3-4-6-17(16)26-12-19(22)25/h3-10H,11-12H2,1-2H3,(H,20,24). The van der Waals surface area contributed by atoms with Crippen molar-refractivity contribution in [3.8, 4) is 5.75 Å². The second-order valence-corrected chi connectivity index (χ2v) is 5.91. The van der Waals surface area contributed by atoms with E-state index in [0.717, 1.165) is 5.69 Å². The molecular formula is C19H19N3O4. The van der Waals surface area contributed by atoms with E-state index < -0.39 is 0 Å². The number of amides is 3. The predicted octanol–water partition coefficient (Wildman–Crippen LogP) is 2.03. The number of para-hydroxylation sites is 2. The van der Waals surface area contributed by atoms with Crippen LogP contribution in [0.4, 0.5) is 17.1 Å². The number of ether oxygens (including phenoxy) is 1. The van der Waals surface area contributed by atoms with E-state index in [2.05, 4.69) is 5.32 Å². The van der Waals surface area contributed by atoms with E-state index in [0.29, 0.717) is 17.1 Å². The van der Waals surface area contributed by atoms with E-state index in [1.165, 1.54) is 16.7 Å². The zero-order chi connectivity index (χ0) is 18.7. The normalized spacial score (nSPS) is 12.8. The van der Waals surface area contributed by atoms with Crippen molar-refractivity contribution in [3.63, 3.8) is 0 Å². The third kappa shape index (κ3) is 3.66. The van der Waals surface area contributed by atoms with Gasteiger partial charge in [0.05, 0.1) is 5.69 Å². The van der Waals surface area contributed by atoms with Crippen LogP contribution in [0.2, 0.25) is 0 Å². The highest BCUT2D eigenvalue weighted by Crippen LogP contribution is 2.31. The molecule has 0 saturated carbocycles. The summed E-state index contributed by atoms with van der Waals surface area (Å²) in [6.45, 7) is 1.29. The molecule has 1 aliphatic rings. The number of hydrogen-bond acceptors (Lipinski definition) is 4. The monoisotopic (exact) mass is 353 g/mol. The number of benzene rings is 2. The SMILES string of the molecule is CC(=O)N(C)c1ccc(NC(=O)CN2C(=O)COc3ccccc32)cc1. The van der Waals surface area contributed by atoms with Gasteiger partial charge in [-0.2, -0.15) is 0 Å². The molecule has 0 aliphatic carbocycles. The van der Waals surface area contributed by atoms with Crippen LogP contribution in [0.25, 0.3) is 0 Å². The third-order valence-corrected chi connectivity index (χ3v) is 4.12. The third-order valence-electron chi connectivity index (χ3n) is 4.12. The number of nitrogens with zero attached hydrogens (tertiary/aromatic N) is 2. The van der Waals surface area contributed by atoms with Gasteiger partial charge in [0.25, 0.3) is 5.91 Å². The smallest absolute Gasteiger partial charge is 0.265 e. The van der Waals surface area contributed by atoms with Gasteiger partial charge in [0.15, 0.2) is 6.61 Å². The largest absolute Gasteiger partial charge is 0.482 e. The fourth-order valence-corrected chi connectivity index (χ4v) is 2.62. The number of nitrogens with one attached hydrogen (secondary N) is 1. The summed E-state index contributed by atoms with van der Waals surface area (Å²) in [5.74, 6) is -0.0807. The van der Waals surface area contributed by atoms with Gasteiger partial charge in [0.1, 0.15) is 12.3 Å².